The topological polar surface area (TPSA) is 75.0 Å². The number of nitrogens with one attached hydrogen (secondary N) is 1. The third kappa shape index (κ3) is 3.05. The number of carbonyl (C=O) groups is 2. The van der Waals surface area contributed by atoms with Crippen LogP contribution in [0.25, 0.3) is 0 Å². The average Bonchev–Trinajstić information content (AvgIpc) is 3.40. The van der Waals surface area contributed by atoms with E-state index in [2.05, 4.69) is 11.9 Å². The number of rotatable bonds is 4. The first-order chi connectivity index (χ1) is 14.7. The Morgan fingerprint density at radius 3 is 2.83 bits per heavy atom. The van der Waals surface area contributed by atoms with Gasteiger partial charge in [0.05, 0.1) is 18.3 Å². The fraction of sp³-hybridized carbons (Fsp3) is 0.391. The maximum atomic E-state index is 12.8. The van der Waals surface area contributed by atoms with E-state index in [-0.39, 0.29) is 36.6 Å². The number of carbonyl (C=O) groups excluding carboxylic acids is 2. The Balaban J connectivity index is 1.53. The number of anilines is 1. The van der Waals surface area contributed by atoms with Gasteiger partial charge in [-0.15, -0.1) is 0 Å². The lowest BCUT2D eigenvalue weighted by Crippen LogP contribution is -2.42. The van der Waals surface area contributed by atoms with Crippen LogP contribution in [0.2, 0.25) is 0 Å². The van der Waals surface area contributed by atoms with Crippen molar-refractivity contribution in [3.05, 3.63) is 66.1 Å². The van der Waals surface area contributed by atoms with Crippen molar-refractivity contribution < 1.29 is 18.7 Å². The highest BCUT2D eigenvalue weighted by Crippen LogP contribution is 2.51. The van der Waals surface area contributed by atoms with E-state index in [1.807, 2.05) is 35.2 Å². The smallest absolute Gasteiger partial charge is 0.410 e. The van der Waals surface area contributed by atoms with E-state index in [1.165, 1.54) is 0 Å². The third-order valence-electron chi connectivity index (χ3n) is 6.35. The number of likely N-dealkylation sites (tertiary alicyclic amines) is 2. The van der Waals surface area contributed by atoms with Crippen molar-refractivity contribution in [1.82, 2.24) is 9.80 Å². The molecule has 30 heavy (non-hydrogen) atoms. The number of amides is 2. The van der Waals surface area contributed by atoms with Gasteiger partial charge < -0.3 is 24.3 Å². The maximum Gasteiger partial charge on any atom is 0.410 e. The molecule has 1 aromatic heterocycles. The molecule has 7 nitrogen and oxygen atoms in total. The molecule has 0 bridgehead atoms. The van der Waals surface area contributed by atoms with Gasteiger partial charge in [0.25, 0.3) is 5.91 Å². The quantitative estimate of drug-likeness (QED) is 0.776. The average molecular weight is 407 g/mol. The number of fused-ring (bicyclic) bond motifs is 3. The summed E-state index contributed by atoms with van der Waals surface area (Å²) in [5, 5.41) is 3.58. The Morgan fingerprint density at radius 2 is 2.13 bits per heavy atom. The van der Waals surface area contributed by atoms with Crippen LogP contribution < -0.4 is 5.32 Å². The van der Waals surface area contributed by atoms with Gasteiger partial charge in [-0.2, -0.15) is 0 Å². The van der Waals surface area contributed by atoms with E-state index in [4.69, 9.17) is 9.15 Å². The minimum atomic E-state index is -0.354. The van der Waals surface area contributed by atoms with Crippen molar-refractivity contribution >= 4 is 17.7 Å². The van der Waals surface area contributed by atoms with Crippen LogP contribution >= 0.6 is 0 Å². The van der Waals surface area contributed by atoms with Crippen LogP contribution in [-0.4, -0.2) is 48.0 Å². The SMILES string of the molecule is C=CCOC(=O)N1CCC2C(c3ccco3)Nc3ccc(C(=O)N4CCC4)cc3C21. The summed E-state index contributed by atoms with van der Waals surface area (Å²) in [6.45, 7) is 6.00. The molecule has 5 rings (SSSR count). The summed E-state index contributed by atoms with van der Waals surface area (Å²) in [5.41, 5.74) is 2.54. The number of benzene rings is 1. The van der Waals surface area contributed by atoms with Crippen molar-refractivity contribution in [2.24, 2.45) is 5.92 Å². The molecule has 2 aromatic rings. The minimum absolute atomic E-state index is 0.0486. The molecule has 0 aliphatic carbocycles. The zero-order chi connectivity index (χ0) is 20.7. The molecule has 1 N–H and O–H groups in total. The zero-order valence-electron chi connectivity index (χ0n) is 16.8. The van der Waals surface area contributed by atoms with E-state index in [1.54, 1.807) is 17.2 Å². The van der Waals surface area contributed by atoms with Crippen LogP contribution in [0.15, 0.2) is 53.7 Å². The molecule has 3 unspecified atom stereocenters. The highest BCUT2D eigenvalue weighted by atomic mass is 16.6. The van der Waals surface area contributed by atoms with Gasteiger partial charge in [0.1, 0.15) is 12.4 Å². The number of hydrogen-bond donors (Lipinski definition) is 1. The van der Waals surface area contributed by atoms with Crippen LogP contribution in [0.4, 0.5) is 10.5 Å². The maximum absolute atomic E-state index is 12.8. The van der Waals surface area contributed by atoms with Gasteiger partial charge in [0.2, 0.25) is 0 Å². The molecular formula is C23H25N3O4. The van der Waals surface area contributed by atoms with Crippen LogP contribution in [0.1, 0.15) is 46.6 Å². The molecule has 156 valence electrons. The van der Waals surface area contributed by atoms with Gasteiger partial charge in [-0.25, -0.2) is 4.79 Å². The Morgan fingerprint density at radius 1 is 1.27 bits per heavy atom. The van der Waals surface area contributed by atoms with Crippen molar-refractivity contribution in [1.29, 1.82) is 0 Å². The Labute approximate surface area is 175 Å². The number of ether oxygens (including phenoxy) is 1. The van der Waals surface area contributed by atoms with Crippen molar-refractivity contribution in [2.45, 2.75) is 24.9 Å². The first kappa shape index (κ1) is 18.8. The standard InChI is InChI=1S/C23H25N3O4/c1-2-12-30-23(28)26-11-8-16-20(19-5-3-13-29-19)24-18-7-6-15(14-17(18)21(16)26)22(27)25-9-4-10-25/h2-3,5-7,13-14,16,20-21,24H,1,4,8-12H2. The van der Waals surface area contributed by atoms with E-state index in [9.17, 15) is 9.59 Å². The Bertz CT molecular complexity index is 967. The molecule has 7 heteroatoms. The predicted octanol–water partition coefficient (Wildman–Crippen LogP) is 3.98. The predicted molar refractivity (Wildman–Crippen MR) is 111 cm³/mol. The van der Waals surface area contributed by atoms with E-state index in [0.29, 0.717) is 12.1 Å². The Hall–Kier alpha value is -3.22. The van der Waals surface area contributed by atoms with Crippen LogP contribution in [0.3, 0.4) is 0 Å². The summed E-state index contributed by atoms with van der Waals surface area (Å²) in [6.07, 6.45) is 4.75. The van der Waals surface area contributed by atoms with Gasteiger partial charge in [-0.1, -0.05) is 12.7 Å². The van der Waals surface area contributed by atoms with Crippen molar-refractivity contribution in [2.75, 3.05) is 31.6 Å². The van der Waals surface area contributed by atoms with Gasteiger partial charge in [0.15, 0.2) is 0 Å². The van der Waals surface area contributed by atoms with Gasteiger partial charge in [-0.05, 0) is 48.7 Å². The lowest BCUT2D eigenvalue weighted by Gasteiger charge is -2.39. The van der Waals surface area contributed by atoms with Gasteiger partial charge >= 0.3 is 6.09 Å². The Kier molecular flexibility index (Phi) is 4.73. The molecule has 1 aromatic carbocycles. The zero-order valence-corrected chi connectivity index (χ0v) is 16.8. The van der Waals surface area contributed by atoms with E-state index < -0.39 is 0 Å². The molecule has 0 spiro atoms. The number of furan rings is 1. The molecule has 0 radical (unpaired) electrons. The fourth-order valence-electron chi connectivity index (χ4n) is 4.78. The first-order valence-corrected chi connectivity index (χ1v) is 10.4. The van der Waals surface area contributed by atoms with E-state index >= 15 is 0 Å². The highest BCUT2D eigenvalue weighted by molar-refractivity contribution is 5.95. The van der Waals surface area contributed by atoms with Gasteiger partial charge in [0, 0.05) is 36.8 Å². The molecule has 4 heterocycles. The second kappa shape index (κ2) is 7.55. The molecule has 3 aliphatic rings. The van der Waals surface area contributed by atoms with Crippen LogP contribution in [0.5, 0.6) is 0 Å². The summed E-state index contributed by atoms with van der Waals surface area (Å²) in [7, 11) is 0. The van der Waals surface area contributed by atoms with E-state index in [0.717, 1.165) is 42.9 Å². The summed E-state index contributed by atoms with van der Waals surface area (Å²) in [5.74, 6) is 1.01. The highest BCUT2D eigenvalue weighted by Gasteiger charge is 2.48. The minimum Gasteiger partial charge on any atom is -0.467 e. The second-order valence-corrected chi connectivity index (χ2v) is 8.04. The molecule has 2 amide bonds. The van der Waals surface area contributed by atoms with Crippen molar-refractivity contribution in [3.63, 3.8) is 0 Å². The molecule has 3 aliphatic heterocycles. The lowest BCUT2D eigenvalue weighted by molar-refractivity contribution is 0.0651. The molecule has 3 atom stereocenters. The lowest BCUT2D eigenvalue weighted by atomic mass is 9.81. The number of nitrogens with zero attached hydrogens (tertiary/aromatic N) is 2. The summed E-state index contributed by atoms with van der Waals surface area (Å²) >= 11 is 0. The summed E-state index contributed by atoms with van der Waals surface area (Å²) in [4.78, 5) is 29.2. The van der Waals surface area contributed by atoms with Crippen molar-refractivity contribution in [3.8, 4) is 0 Å². The summed E-state index contributed by atoms with van der Waals surface area (Å²) in [6, 6.07) is 9.35. The molecule has 2 fully saturated rings. The third-order valence-corrected chi connectivity index (χ3v) is 6.35. The monoisotopic (exact) mass is 407 g/mol. The van der Waals surface area contributed by atoms with Gasteiger partial charge in [-0.3, -0.25) is 4.79 Å². The summed E-state index contributed by atoms with van der Waals surface area (Å²) < 4.78 is 11.1. The first-order valence-electron chi connectivity index (χ1n) is 10.4. The second-order valence-electron chi connectivity index (χ2n) is 8.04. The van der Waals surface area contributed by atoms with Crippen LogP contribution in [-0.2, 0) is 4.74 Å². The largest absolute Gasteiger partial charge is 0.467 e. The number of hydrogen-bond acceptors (Lipinski definition) is 5. The van der Waals surface area contributed by atoms with Crippen LogP contribution in [0, 0.1) is 5.92 Å². The normalized spacial score (nSPS) is 24.3. The molecule has 2 saturated heterocycles. The molecular weight excluding hydrogens is 382 g/mol. The fourth-order valence-corrected chi connectivity index (χ4v) is 4.78. The molecule has 0 saturated carbocycles.